The molecule has 4 fully saturated rings. The Hall–Kier alpha value is -0.0800. The molecule has 4 rings (SSSR count). The molecule has 0 saturated heterocycles. The molecule has 14 heavy (non-hydrogen) atoms. The molecule has 4 saturated carbocycles. The van der Waals surface area contributed by atoms with Gasteiger partial charge in [0.15, 0.2) is 0 Å². The Kier molecular flexibility index (Phi) is 1.66. The van der Waals surface area contributed by atoms with Gasteiger partial charge >= 0.3 is 0 Å². The third-order valence-corrected chi connectivity index (χ3v) is 5.12. The summed E-state index contributed by atoms with van der Waals surface area (Å²) >= 11 is 0. The van der Waals surface area contributed by atoms with Crippen molar-refractivity contribution in [3.63, 3.8) is 0 Å². The van der Waals surface area contributed by atoms with Gasteiger partial charge in [0.1, 0.15) is 0 Å². The molecule has 4 aliphatic carbocycles. The third-order valence-electron chi connectivity index (χ3n) is 5.12. The Balaban J connectivity index is 1.96. The van der Waals surface area contributed by atoms with E-state index < -0.39 is 0 Å². The van der Waals surface area contributed by atoms with Gasteiger partial charge < -0.3 is 10.8 Å². The number of aliphatic hydroxyl groups is 1. The summed E-state index contributed by atoms with van der Waals surface area (Å²) in [5.41, 5.74) is 4.35. The Morgan fingerprint density at radius 2 is 1.79 bits per heavy atom. The second-order valence-electron chi connectivity index (χ2n) is 6.45. The number of rotatable bonds is 1. The summed E-state index contributed by atoms with van der Waals surface area (Å²) in [6.07, 6.45) is 7.28. The normalized spacial score (nSPS) is 57.6. The number of hydrogen-bond acceptors (Lipinski definition) is 1. The third kappa shape index (κ3) is 1.10. The van der Waals surface area contributed by atoms with E-state index in [0.717, 1.165) is 31.1 Å². The Morgan fingerprint density at radius 1 is 1.21 bits per heavy atom. The van der Waals surface area contributed by atoms with Crippen LogP contribution in [-0.2, 0) is 0 Å². The van der Waals surface area contributed by atoms with Gasteiger partial charge in [0.2, 0.25) is 0 Å². The highest BCUT2D eigenvalue weighted by Crippen LogP contribution is 2.62. The van der Waals surface area contributed by atoms with Crippen LogP contribution in [0.3, 0.4) is 0 Å². The standard InChI is InChI=1S/C12H21NO/c1-8(13)11-3-9-2-10(4-11)6-12(14,5-9)7-11/h8-10,14H,2-7,13H2,1H3/p+1/t8-,9-,10+,11?,12?/m0/s1. The maximum Gasteiger partial charge on any atom is 0.0873 e. The minimum atomic E-state index is -0.296. The van der Waals surface area contributed by atoms with Crippen molar-refractivity contribution in [2.75, 3.05) is 0 Å². The SMILES string of the molecule is C[C@H]([NH3+])C12C[C@@H]3C[C@@H](CC(O)(C3)C1)C2. The molecule has 0 spiro atoms. The van der Waals surface area contributed by atoms with Gasteiger partial charge in [-0.25, -0.2) is 0 Å². The molecule has 0 amide bonds. The zero-order valence-electron chi connectivity index (χ0n) is 9.13. The lowest BCUT2D eigenvalue weighted by molar-refractivity contribution is -0.455. The fourth-order valence-corrected chi connectivity index (χ4v) is 4.86. The Morgan fingerprint density at radius 3 is 2.21 bits per heavy atom. The van der Waals surface area contributed by atoms with Gasteiger partial charge in [0, 0.05) is 5.41 Å². The molecule has 2 heteroatoms. The van der Waals surface area contributed by atoms with Crippen LogP contribution in [0.5, 0.6) is 0 Å². The smallest absolute Gasteiger partial charge is 0.0873 e. The fraction of sp³-hybridized carbons (Fsp3) is 1.00. The van der Waals surface area contributed by atoms with Crippen molar-refractivity contribution < 1.29 is 10.8 Å². The quantitative estimate of drug-likeness (QED) is 0.644. The van der Waals surface area contributed by atoms with Crippen molar-refractivity contribution in [3.05, 3.63) is 0 Å². The Bertz CT molecular complexity index is 247. The van der Waals surface area contributed by atoms with E-state index in [4.69, 9.17) is 0 Å². The summed E-state index contributed by atoms with van der Waals surface area (Å²) in [5.74, 6) is 1.62. The number of quaternary nitrogens is 1. The molecular formula is C12H22NO+. The van der Waals surface area contributed by atoms with E-state index in [1.807, 2.05) is 0 Å². The zero-order chi connectivity index (χ0) is 9.97. The van der Waals surface area contributed by atoms with Crippen LogP contribution in [0.1, 0.15) is 45.4 Å². The second-order valence-corrected chi connectivity index (χ2v) is 6.45. The molecule has 5 atom stereocenters. The monoisotopic (exact) mass is 196 g/mol. The van der Waals surface area contributed by atoms with Crippen LogP contribution in [0.15, 0.2) is 0 Å². The summed E-state index contributed by atoms with van der Waals surface area (Å²) < 4.78 is 0. The molecule has 2 unspecified atom stereocenters. The van der Waals surface area contributed by atoms with Crippen LogP contribution in [0.2, 0.25) is 0 Å². The van der Waals surface area contributed by atoms with Crippen molar-refractivity contribution in [1.82, 2.24) is 0 Å². The minimum Gasteiger partial charge on any atom is -0.390 e. The van der Waals surface area contributed by atoms with E-state index in [9.17, 15) is 5.11 Å². The van der Waals surface area contributed by atoms with Crippen molar-refractivity contribution in [2.24, 2.45) is 17.3 Å². The second kappa shape index (κ2) is 2.53. The predicted octanol–water partition coefficient (Wildman–Crippen LogP) is 0.948. The van der Waals surface area contributed by atoms with Crippen molar-refractivity contribution in [2.45, 2.75) is 57.1 Å². The maximum atomic E-state index is 10.5. The van der Waals surface area contributed by atoms with Crippen LogP contribution in [0.4, 0.5) is 0 Å². The van der Waals surface area contributed by atoms with Crippen LogP contribution in [0, 0.1) is 17.3 Å². The average molecular weight is 196 g/mol. The summed E-state index contributed by atoms with van der Waals surface area (Å²) in [5, 5.41) is 10.5. The van der Waals surface area contributed by atoms with Crippen LogP contribution in [-0.4, -0.2) is 16.7 Å². The average Bonchev–Trinajstić information content (AvgIpc) is 1.98. The van der Waals surface area contributed by atoms with Crippen LogP contribution < -0.4 is 5.73 Å². The first-order valence-electron chi connectivity index (χ1n) is 6.07. The van der Waals surface area contributed by atoms with Crippen molar-refractivity contribution >= 4 is 0 Å². The molecule has 0 aliphatic heterocycles. The fourth-order valence-electron chi connectivity index (χ4n) is 4.86. The molecule has 4 aliphatic rings. The van der Waals surface area contributed by atoms with Gasteiger partial charge in [0.05, 0.1) is 11.6 Å². The number of hydrogen-bond donors (Lipinski definition) is 2. The summed E-state index contributed by atoms with van der Waals surface area (Å²) in [7, 11) is 0. The molecule has 0 radical (unpaired) electrons. The van der Waals surface area contributed by atoms with E-state index in [1.165, 1.54) is 19.3 Å². The van der Waals surface area contributed by atoms with Crippen molar-refractivity contribution in [1.29, 1.82) is 0 Å². The molecule has 0 aromatic carbocycles. The largest absolute Gasteiger partial charge is 0.390 e. The van der Waals surface area contributed by atoms with E-state index in [2.05, 4.69) is 12.7 Å². The van der Waals surface area contributed by atoms with Crippen LogP contribution >= 0.6 is 0 Å². The predicted molar refractivity (Wildman–Crippen MR) is 54.4 cm³/mol. The topological polar surface area (TPSA) is 47.9 Å². The van der Waals surface area contributed by atoms with Gasteiger partial charge in [-0.1, -0.05) is 0 Å². The van der Waals surface area contributed by atoms with E-state index in [0.29, 0.717) is 11.5 Å². The molecular weight excluding hydrogens is 174 g/mol. The molecule has 0 aromatic rings. The first-order chi connectivity index (χ1) is 6.51. The Labute approximate surface area is 85.9 Å². The van der Waals surface area contributed by atoms with E-state index in [-0.39, 0.29) is 5.60 Å². The molecule has 0 heterocycles. The van der Waals surface area contributed by atoms with Gasteiger partial charge in [-0.3, -0.25) is 0 Å². The maximum absolute atomic E-state index is 10.5. The lowest BCUT2D eigenvalue weighted by Crippen LogP contribution is -2.72. The molecule has 0 aromatic heterocycles. The van der Waals surface area contributed by atoms with Gasteiger partial charge in [-0.2, -0.15) is 0 Å². The molecule has 2 nitrogen and oxygen atoms in total. The lowest BCUT2D eigenvalue weighted by Gasteiger charge is -2.60. The first-order valence-corrected chi connectivity index (χ1v) is 6.07. The summed E-state index contributed by atoms with van der Waals surface area (Å²) in [4.78, 5) is 0. The highest BCUT2D eigenvalue weighted by atomic mass is 16.3. The molecule has 80 valence electrons. The minimum absolute atomic E-state index is 0.296. The molecule has 4 bridgehead atoms. The van der Waals surface area contributed by atoms with Crippen molar-refractivity contribution in [3.8, 4) is 0 Å². The summed E-state index contributed by atoms with van der Waals surface area (Å²) in [6.45, 7) is 2.25. The van der Waals surface area contributed by atoms with E-state index >= 15 is 0 Å². The highest BCUT2D eigenvalue weighted by molar-refractivity contribution is 5.09. The van der Waals surface area contributed by atoms with Gasteiger partial charge in [-0.15, -0.1) is 0 Å². The lowest BCUT2D eigenvalue weighted by atomic mass is 9.46. The van der Waals surface area contributed by atoms with Crippen LogP contribution in [0.25, 0.3) is 0 Å². The van der Waals surface area contributed by atoms with Gasteiger partial charge in [0.25, 0.3) is 0 Å². The van der Waals surface area contributed by atoms with Gasteiger partial charge in [-0.05, 0) is 57.3 Å². The van der Waals surface area contributed by atoms with E-state index in [1.54, 1.807) is 0 Å². The zero-order valence-corrected chi connectivity index (χ0v) is 9.13. The highest BCUT2D eigenvalue weighted by Gasteiger charge is 2.59. The molecule has 4 N–H and O–H groups in total. The first kappa shape index (κ1) is 9.17. The summed E-state index contributed by atoms with van der Waals surface area (Å²) in [6, 6.07) is 0.514.